The number of nitrogens with zero attached hydrogens (tertiary/aromatic N) is 1. The number of hydrogen-bond acceptors (Lipinski definition) is 4. The summed E-state index contributed by atoms with van der Waals surface area (Å²) in [6.45, 7) is 3.39. The van der Waals surface area contributed by atoms with E-state index in [9.17, 15) is 4.79 Å². The SMILES string of the molecule is COc1ccc(C2=CC3COCC(C2)N3C(=O)OCC2c3ccccc3-c3ccccc32)cc1C. The molecule has 3 aromatic rings. The Kier molecular flexibility index (Phi) is 5.57. The second-order valence-electron chi connectivity index (χ2n) is 9.55. The van der Waals surface area contributed by atoms with Crippen LogP contribution in [-0.4, -0.2) is 50.0 Å². The number of aryl methyl sites for hydroxylation is 1. The maximum atomic E-state index is 13.4. The van der Waals surface area contributed by atoms with Crippen LogP contribution in [0.15, 0.2) is 72.8 Å². The largest absolute Gasteiger partial charge is 0.496 e. The molecule has 5 nitrogen and oxygen atoms in total. The van der Waals surface area contributed by atoms with Crippen molar-refractivity contribution in [3.63, 3.8) is 0 Å². The zero-order chi connectivity index (χ0) is 23.9. The summed E-state index contributed by atoms with van der Waals surface area (Å²) in [5.74, 6) is 0.939. The highest BCUT2D eigenvalue weighted by molar-refractivity contribution is 5.79. The maximum Gasteiger partial charge on any atom is 0.410 e. The second-order valence-corrected chi connectivity index (χ2v) is 9.55. The molecule has 1 aliphatic carbocycles. The van der Waals surface area contributed by atoms with E-state index in [1.807, 2.05) is 11.0 Å². The van der Waals surface area contributed by atoms with Gasteiger partial charge in [0.15, 0.2) is 0 Å². The van der Waals surface area contributed by atoms with Crippen molar-refractivity contribution in [2.75, 3.05) is 26.9 Å². The van der Waals surface area contributed by atoms with Crippen LogP contribution >= 0.6 is 0 Å². The minimum Gasteiger partial charge on any atom is -0.496 e. The zero-order valence-electron chi connectivity index (χ0n) is 20.1. The molecule has 5 heteroatoms. The summed E-state index contributed by atoms with van der Waals surface area (Å²) in [4.78, 5) is 15.3. The monoisotopic (exact) mass is 467 g/mol. The summed E-state index contributed by atoms with van der Waals surface area (Å²) in [5, 5.41) is 0. The third-order valence-electron chi connectivity index (χ3n) is 7.51. The van der Waals surface area contributed by atoms with Gasteiger partial charge in [0.25, 0.3) is 0 Å². The second kappa shape index (κ2) is 8.90. The van der Waals surface area contributed by atoms with Crippen LogP contribution < -0.4 is 4.74 Å². The molecule has 0 saturated carbocycles. The molecule has 0 aromatic heterocycles. The molecule has 6 rings (SSSR count). The van der Waals surface area contributed by atoms with Crippen LogP contribution in [0.25, 0.3) is 16.7 Å². The first-order chi connectivity index (χ1) is 17.1. The Labute approximate surface area is 205 Å². The number of carbonyl (C=O) groups excluding carboxylic acids is 1. The molecule has 35 heavy (non-hydrogen) atoms. The highest BCUT2D eigenvalue weighted by Crippen LogP contribution is 2.44. The summed E-state index contributed by atoms with van der Waals surface area (Å²) in [7, 11) is 1.69. The first-order valence-corrected chi connectivity index (χ1v) is 12.2. The average molecular weight is 468 g/mol. The van der Waals surface area contributed by atoms with E-state index in [1.165, 1.54) is 33.4 Å². The first kappa shape index (κ1) is 21.9. The number of methoxy groups -OCH3 is 1. The van der Waals surface area contributed by atoms with Gasteiger partial charge in [-0.05, 0) is 64.4 Å². The smallest absolute Gasteiger partial charge is 0.410 e. The molecule has 3 aliphatic rings. The Morgan fingerprint density at radius 2 is 1.71 bits per heavy atom. The number of benzene rings is 3. The Balaban J connectivity index is 1.21. The van der Waals surface area contributed by atoms with Crippen LogP contribution in [0.4, 0.5) is 4.79 Å². The van der Waals surface area contributed by atoms with Gasteiger partial charge in [-0.15, -0.1) is 0 Å². The van der Waals surface area contributed by atoms with Crippen LogP contribution in [0, 0.1) is 6.92 Å². The molecule has 2 unspecified atom stereocenters. The molecule has 0 N–H and O–H groups in total. The Hall–Kier alpha value is -3.57. The van der Waals surface area contributed by atoms with Gasteiger partial charge in [0.05, 0.1) is 32.4 Å². The van der Waals surface area contributed by atoms with Gasteiger partial charge in [-0.2, -0.15) is 0 Å². The Morgan fingerprint density at radius 3 is 2.37 bits per heavy atom. The van der Waals surface area contributed by atoms with Crippen molar-refractivity contribution in [2.24, 2.45) is 0 Å². The van der Waals surface area contributed by atoms with Crippen molar-refractivity contribution >= 4 is 11.7 Å². The quantitative estimate of drug-likeness (QED) is 0.486. The Bertz CT molecular complexity index is 1270. The minimum atomic E-state index is -0.258. The predicted molar refractivity (Wildman–Crippen MR) is 136 cm³/mol. The molecule has 178 valence electrons. The van der Waals surface area contributed by atoms with Gasteiger partial charge < -0.3 is 14.2 Å². The maximum absolute atomic E-state index is 13.4. The number of fused-ring (bicyclic) bond motifs is 5. The summed E-state index contributed by atoms with van der Waals surface area (Å²) >= 11 is 0. The number of ether oxygens (including phenoxy) is 3. The lowest BCUT2D eigenvalue weighted by Gasteiger charge is -2.44. The van der Waals surface area contributed by atoms with Gasteiger partial charge in [-0.25, -0.2) is 4.79 Å². The molecule has 1 saturated heterocycles. The highest BCUT2D eigenvalue weighted by Gasteiger charge is 2.40. The molecule has 2 atom stereocenters. The number of rotatable bonds is 4. The van der Waals surface area contributed by atoms with Gasteiger partial charge in [0.2, 0.25) is 0 Å². The van der Waals surface area contributed by atoms with Gasteiger partial charge in [0, 0.05) is 5.92 Å². The van der Waals surface area contributed by atoms with Crippen molar-refractivity contribution in [1.82, 2.24) is 4.90 Å². The normalized spacial score (nSPS) is 20.6. The van der Waals surface area contributed by atoms with E-state index in [2.05, 4.69) is 73.7 Å². The van der Waals surface area contributed by atoms with Crippen molar-refractivity contribution in [3.05, 3.63) is 95.1 Å². The van der Waals surface area contributed by atoms with Gasteiger partial charge in [0.1, 0.15) is 12.4 Å². The molecule has 2 aliphatic heterocycles. The summed E-state index contributed by atoms with van der Waals surface area (Å²) < 4.78 is 17.2. The standard InChI is InChI=1S/C30H29NO4/c1-19-13-20(11-12-29(19)33-2)21-14-22-16-34-17-23(15-21)31(22)30(32)35-18-28-26-9-5-3-7-24(26)25-8-4-6-10-27(25)28/h3-14,22-23,28H,15-18H2,1-2H3. The fraction of sp³-hybridized carbons (Fsp3) is 0.300. The fourth-order valence-electron chi connectivity index (χ4n) is 5.84. The van der Waals surface area contributed by atoms with Gasteiger partial charge in [-0.1, -0.05) is 60.7 Å². The van der Waals surface area contributed by atoms with Gasteiger partial charge in [-0.3, -0.25) is 4.90 Å². The number of morpholine rings is 1. The molecule has 1 fully saturated rings. The lowest BCUT2D eigenvalue weighted by atomic mass is 9.89. The lowest BCUT2D eigenvalue weighted by Crippen LogP contribution is -2.56. The summed E-state index contributed by atoms with van der Waals surface area (Å²) in [6.07, 6.45) is 2.65. The molecule has 2 bridgehead atoms. The lowest BCUT2D eigenvalue weighted by molar-refractivity contribution is -0.0331. The van der Waals surface area contributed by atoms with Crippen LogP contribution in [0.2, 0.25) is 0 Å². The number of amides is 1. The molecular formula is C30H29NO4. The molecule has 0 radical (unpaired) electrons. The molecular weight excluding hydrogens is 438 g/mol. The molecule has 3 aromatic carbocycles. The molecule has 1 amide bonds. The third kappa shape index (κ3) is 3.80. The zero-order valence-corrected chi connectivity index (χ0v) is 20.1. The van der Waals surface area contributed by atoms with E-state index in [0.29, 0.717) is 19.8 Å². The van der Waals surface area contributed by atoms with Crippen LogP contribution in [0.3, 0.4) is 0 Å². The summed E-state index contributed by atoms with van der Waals surface area (Å²) in [6, 6.07) is 22.9. The van der Waals surface area contributed by atoms with E-state index in [4.69, 9.17) is 14.2 Å². The van der Waals surface area contributed by atoms with Crippen molar-refractivity contribution < 1.29 is 19.0 Å². The van der Waals surface area contributed by atoms with E-state index >= 15 is 0 Å². The number of hydrogen-bond donors (Lipinski definition) is 0. The number of carbonyl (C=O) groups is 1. The van der Waals surface area contributed by atoms with E-state index in [0.717, 1.165) is 17.7 Å². The molecule has 0 spiro atoms. The fourth-order valence-corrected chi connectivity index (χ4v) is 5.84. The first-order valence-electron chi connectivity index (χ1n) is 12.2. The topological polar surface area (TPSA) is 48.0 Å². The third-order valence-corrected chi connectivity index (χ3v) is 7.51. The summed E-state index contributed by atoms with van der Waals surface area (Å²) in [5.41, 5.74) is 8.43. The van der Waals surface area contributed by atoms with Crippen LogP contribution in [0.1, 0.15) is 34.6 Å². The predicted octanol–water partition coefficient (Wildman–Crippen LogP) is 5.81. The van der Waals surface area contributed by atoms with E-state index < -0.39 is 0 Å². The van der Waals surface area contributed by atoms with Crippen molar-refractivity contribution in [1.29, 1.82) is 0 Å². The van der Waals surface area contributed by atoms with Crippen molar-refractivity contribution in [3.8, 4) is 16.9 Å². The van der Waals surface area contributed by atoms with Crippen molar-refractivity contribution in [2.45, 2.75) is 31.3 Å². The van der Waals surface area contributed by atoms with Crippen LogP contribution in [-0.2, 0) is 9.47 Å². The van der Waals surface area contributed by atoms with E-state index in [1.54, 1.807) is 7.11 Å². The van der Waals surface area contributed by atoms with E-state index in [-0.39, 0.29) is 24.1 Å². The highest BCUT2D eigenvalue weighted by atomic mass is 16.6. The van der Waals surface area contributed by atoms with Crippen LogP contribution in [0.5, 0.6) is 5.75 Å². The minimum absolute atomic E-state index is 0.0354. The average Bonchev–Trinajstić information content (AvgIpc) is 3.20. The Morgan fingerprint density at radius 1 is 1.00 bits per heavy atom. The molecule has 2 heterocycles. The van der Waals surface area contributed by atoms with Gasteiger partial charge >= 0.3 is 6.09 Å².